The molecule has 138 valence electrons. The molecular weight excluding hydrogens is 340 g/mol. The van der Waals surface area contributed by atoms with Crippen LogP contribution >= 0.6 is 11.9 Å². The standard InChI is InChI=1S/C21H28N4S/c1-17(22-2)21(11-7-4-8-18-14-23-24(3)15-18)26-25-13-12-19-9-5-6-10-20(19)16-25/h5-7,9-11,14-15,22H,4,8,12-13,16H2,1-3H3/b11-7+,21-17+. The molecule has 0 radical (unpaired) electrons. The Balaban J connectivity index is 1.59. The number of aryl methyl sites for hydroxylation is 2. The van der Waals surface area contributed by atoms with E-state index in [4.69, 9.17) is 0 Å². The average molecular weight is 369 g/mol. The van der Waals surface area contributed by atoms with Crippen molar-refractivity contribution in [2.75, 3.05) is 13.6 Å². The minimum absolute atomic E-state index is 1.00. The molecule has 0 aliphatic carbocycles. The van der Waals surface area contributed by atoms with Gasteiger partial charge in [-0.3, -0.25) is 4.68 Å². The fraction of sp³-hybridized carbons (Fsp3) is 0.381. The average Bonchev–Trinajstić information content (AvgIpc) is 3.08. The summed E-state index contributed by atoms with van der Waals surface area (Å²) < 4.78 is 4.32. The zero-order chi connectivity index (χ0) is 18.4. The molecule has 1 aliphatic rings. The lowest BCUT2D eigenvalue weighted by Crippen LogP contribution is -2.25. The zero-order valence-corrected chi connectivity index (χ0v) is 16.7. The first kappa shape index (κ1) is 18.8. The molecule has 0 fully saturated rings. The Morgan fingerprint density at radius 1 is 1.31 bits per heavy atom. The summed E-state index contributed by atoms with van der Waals surface area (Å²) in [6.45, 7) is 4.24. The predicted molar refractivity (Wildman–Crippen MR) is 111 cm³/mol. The first-order chi connectivity index (χ1) is 12.7. The van der Waals surface area contributed by atoms with Gasteiger partial charge in [-0.15, -0.1) is 0 Å². The van der Waals surface area contributed by atoms with E-state index in [0.29, 0.717) is 0 Å². The maximum absolute atomic E-state index is 4.23. The fourth-order valence-corrected chi connectivity index (χ4v) is 4.14. The number of benzene rings is 1. The van der Waals surface area contributed by atoms with Crippen LogP contribution in [0.15, 0.2) is 59.4 Å². The molecule has 1 aliphatic heterocycles. The van der Waals surface area contributed by atoms with E-state index in [1.807, 2.05) is 36.9 Å². The highest BCUT2D eigenvalue weighted by atomic mass is 32.2. The third kappa shape index (κ3) is 5.02. The second-order valence-electron chi connectivity index (χ2n) is 6.68. The molecule has 1 aromatic heterocycles. The van der Waals surface area contributed by atoms with Crippen LogP contribution in [0.4, 0.5) is 0 Å². The summed E-state index contributed by atoms with van der Waals surface area (Å²) >= 11 is 1.86. The van der Waals surface area contributed by atoms with E-state index in [9.17, 15) is 0 Å². The van der Waals surface area contributed by atoms with E-state index >= 15 is 0 Å². The Morgan fingerprint density at radius 2 is 2.12 bits per heavy atom. The Labute approximate surface area is 161 Å². The van der Waals surface area contributed by atoms with Crippen LogP contribution in [0.5, 0.6) is 0 Å². The third-order valence-electron chi connectivity index (χ3n) is 4.69. The van der Waals surface area contributed by atoms with Crippen molar-refractivity contribution in [2.24, 2.45) is 7.05 Å². The largest absolute Gasteiger partial charge is 0.391 e. The molecule has 5 heteroatoms. The molecule has 0 spiro atoms. The lowest BCUT2D eigenvalue weighted by molar-refractivity contribution is 0.446. The SMILES string of the molecule is CN/C(C)=C(\C=C\CCc1cnn(C)c1)SN1CCc2ccccc2C1. The molecule has 1 N–H and O–H groups in total. The van der Waals surface area contributed by atoms with Crippen LogP contribution in [0.25, 0.3) is 0 Å². The van der Waals surface area contributed by atoms with Crippen LogP contribution in [-0.2, 0) is 26.4 Å². The molecule has 2 heterocycles. The first-order valence-corrected chi connectivity index (χ1v) is 9.95. The number of nitrogens with one attached hydrogen (secondary N) is 1. The monoisotopic (exact) mass is 368 g/mol. The summed E-state index contributed by atoms with van der Waals surface area (Å²) in [4.78, 5) is 1.29. The number of allylic oxidation sites excluding steroid dienone is 3. The van der Waals surface area contributed by atoms with Gasteiger partial charge in [0.1, 0.15) is 0 Å². The molecular formula is C21H28N4S. The van der Waals surface area contributed by atoms with Crippen LogP contribution < -0.4 is 5.32 Å². The van der Waals surface area contributed by atoms with Crippen LogP contribution in [0, 0.1) is 0 Å². The van der Waals surface area contributed by atoms with E-state index < -0.39 is 0 Å². The summed E-state index contributed by atoms with van der Waals surface area (Å²) in [6, 6.07) is 8.79. The third-order valence-corrected chi connectivity index (χ3v) is 5.90. The molecule has 0 amide bonds. The number of nitrogens with zero attached hydrogens (tertiary/aromatic N) is 3. The Bertz CT molecular complexity index is 791. The van der Waals surface area contributed by atoms with Crippen molar-refractivity contribution in [1.82, 2.24) is 19.4 Å². The van der Waals surface area contributed by atoms with Gasteiger partial charge in [0.25, 0.3) is 0 Å². The minimum atomic E-state index is 1.00. The lowest BCUT2D eigenvalue weighted by atomic mass is 10.0. The smallest absolute Gasteiger partial charge is 0.0521 e. The quantitative estimate of drug-likeness (QED) is 0.590. The number of hydrogen-bond acceptors (Lipinski definition) is 4. The molecule has 0 bridgehead atoms. The highest BCUT2D eigenvalue weighted by Gasteiger charge is 2.17. The summed E-state index contributed by atoms with van der Waals surface area (Å²) in [7, 11) is 3.95. The number of aromatic nitrogens is 2. The predicted octanol–water partition coefficient (Wildman–Crippen LogP) is 4.07. The number of fused-ring (bicyclic) bond motifs is 1. The molecule has 0 saturated heterocycles. The fourth-order valence-electron chi connectivity index (χ4n) is 3.08. The lowest BCUT2D eigenvalue weighted by Gasteiger charge is -2.28. The summed E-state index contributed by atoms with van der Waals surface area (Å²) in [5.41, 5.74) is 5.44. The summed E-state index contributed by atoms with van der Waals surface area (Å²) in [5, 5.41) is 7.53. The number of rotatable bonds is 7. The van der Waals surface area contributed by atoms with Gasteiger partial charge in [0.15, 0.2) is 0 Å². The van der Waals surface area contributed by atoms with Gasteiger partial charge in [-0.25, -0.2) is 4.31 Å². The van der Waals surface area contributed by atoms with Gasteiger partial charge < -0.3 is 5.32 Å². The topological polar surface area (TPSA) is 33.1 Å². The summed E-state index contributed by atoms with van der Waals surface area (Å²) in [6.07, 6.45) is 11.7. The second-order valence-corrected chi connectivity index (χ2v) is 7.81. The Kier molecular flexibility index (Phi) is 6.58. The van der Waals surface area contributed by atoms with Crippen molar-refractivity contribution < 1.29 is 0 Å². The van der Waals surface area contributed by atoms with Crippen LogP contribution in [0.3, 0.4) is 0 Å². The van der Waals surface area contributed by atoms with Crippen molar-refractivity contribution in [2.45, 2.75) is 32.7 Å². The molecule has 0 saturated carbocycles. The van der Waals surface area contributed by atoms with E-state index in [1.165, 1.54) is 27.3 Å². The van der Waals surface area contributed by atoms with Gasteiger partial charge in [0.2, 0.25) is 0 Å². The van der Waals surface area contributed by atoms with Gasteiger partial charge in [0, 0.05) is 44.0 Å². The molecule has 2 aromatic rings. The Morgan fingerprint density at radius 3 is 2.85 bits per heavy atom. The highest BCUT2D eigenvalue weighted by molar-refractivity contribution is 8.01. The minimum Gasteiger partial charge on any atom is -0.391 e. The highest BCUT2D eigenvalue weighted by Crippen LogP contribution is 2.30. The van der Waals surface area contributed by atoms with Crippen molar-refractivity contribution in [3.63, 3.8) is 0 Å². The number of hydrogen-bond donors (Lipinski definition) is 1. The van der Waals surface area contributed by atoms with Crippen molar-refractivity contribution in [3.05, 3.63) is 76.1 Å². The second kappa shape index (κ2) is 9.10. The van der Waals surface area contributed by atoms with Gasteiger partial charge in [-0.05, 0) is 60.9 Å². The van der Waals surface area contributed by atoms with Gasteiger partial charge >= 0.3 is 0 Å². The Hall–Kier alpha value is -1.98. The zero-order valence-electron chi connectivity index (χ0n) is 15.9. The molecule has 26 heavy (non-hydrogen) atoms. The molecule has 1 aromatic carbocycles. The molecule has 3 rings (SSSR count). The van der Waals surface area contributed by atoms with Crippen LogP contribution in [0.2, 0.25) is 0 Å². The van der Waals surface area contributed by atoms with Crippen LogP contribution in [0.1, 0.15) is 30.0 Å². The molecule has 0 atom stereocenters. The van der Waals surface area contributed by atoms with Crippen molar-refractivity contribution in [3.8, 4) is 0 Å². The van der Waals surface area contributed by atoms with Crippen molar-refractivity contribution >= 4 is 11.9 Å². The van der Waals surface area contributed by atoms with E-state index in [2.05, 4.69) is 64.3 Å². The molecule has 4 nitrogen and oxygen atoms in total. The molecule has 0 unspecified atom stereocenters. The normalized spacial score (nSPS) is 15.8. The van der Waals surface area contributed by atoms with E-state index in [1.54, 1.807) is 0 Å². The maximum Gasteiger partial charge on any atom is 0.0521 e. The van der Waals surface area contributed by atoms with Gasteiger partial charge in [-0.1, -0.05) is 30.3 Å². The summed E-state index contributed by atoms with van der Waals surface area (Å²) in [5.74, 6) is 0. The first-order valence-electron chi connectivity index (χ1n) is 9.18. The van der Waals surface area contributed by atoms with Gasteiger partial charge in [0.05, 0.1) is 6.20 Å². The van der Waals surface area contributed by atoms with Crippen LogP contribution in [-0.4, -0.2) is 27.7 Å². The van der Waals surface area contributed by atoms with E-state index in [-0.39, 0.29) is 0 Å². The van der Waals surface area contributed by atoms with Crippen molar-refractivity contribution in [1.29, 1.82) is 0 Å². The van der Waals surface area contributed by atoms with E-state index in [0.717, 1.165) is 32.4 Å². The van der Waals surface area contributed by atoms with Gasteiger partial charge in [-0.2, -0.15) is 5.10 Å². The maximum atomic E-state index is 4.23.